The van der Waals surface area contributed by atoms with Gasteiger partial charge in [0.05, 0.1) is 0 Å². The summed E-state index contributed by atoms with van der Waals surface area (Å²) in [7, 11) is 1.65. The summed E-state index contributed by atoms with van der Waals surface area (Å²) < 4.78 is 4.77. The Balaban J connectivity index is 2.99. The van der Waals surface area contributed by atoms with E-state index in [1.165, 1.54) is 0 Å². The van der Waals surface area contributed by atoms with E-state index in [2.05, 4.69) is 11.8 Å². The summed E-state index contributed by atoms with van der Waals surface area (Å²) in [5, 5.41) is 0. The van der Waals surface area contributed by atoms with Crippen LogP contribution in [0.4, 0.5) is 0 Å². The molecular formula is C7H10O2. The van der Waals surface area contributed by atoms with Crippen LogP contribution >= 0.6 is 0 Å². The highest BCUT2D eigenvalue weighted by atomic mass is 16.5. The first-order valence-corrected chi connectivity index (χ1v) is 2.82. The number of ether oxygens (including phenoxy) is 1. The molecule has 0 aliphatic rings. The lowest BCUT2D eigenvalue weighted by Crippen LogP contribution is -1.85. The average Bonchev–Trinajstić information content (AvgIpc) is 1.89. The Kier molecular flexibility index (Phi) is 6.54. The predicted molar refractivity (Wildman–Crippen MR) is 34.9 cm³/mol. The zero-order chi connectivity index (χ0) is 6.95. The van der Waals surface area contributed by atoms with Gasteiger partial charge in [-0.3, -0.25) is 4.79 Å². The molecule has 9 heavy (non-hydrogen) atoms. The van der Waals surface area contributed by atoms with Crippen LogP contribution < -0.4 is 0 Å². The Hall–Kier alpha value is -0.810. The minimum Gasteiger partial charge on any atom is -0.385 e. The Bertz CT molecular complexity index is 119. The quantitative estimate of drug-likeness (QED) is 0.315. The third-order valence-corrected chi connectivity index (χ3v) is 0.811. The van der Waals surface area contributed by atoms with Crippen molar-refractivity contribution in [1.82, 2.24) is 0 Å². The Morgan fingerprint density at radius 1 is 1.67 bits per heavy atom. The molecule has 0 fully saturated rings. The van der Waals surface area contributed by atoms with E-state index in [4.69, 9.17) is 4.74 Å². The van der Waals surface area contributed by atoms with Gasteiger partial charge < -0.3 is 4.74 Å². The minimum atomic E-state index is 0.604. The molecule has 0 bridgehead atoms. The lowest BCUT2D eigenvalue weighted by atomic mass is 10.3. The first-order chi connectivity index (χ1) is 4.41. The van der Waals surface area contributed by atoms with Gasteiger partial charge in [0.2, 0.25) is 0 Å². The topological polar surface area (TPSA) is 26.3 Å². The third kappa shape index (κ3) is 7.19. The molecule has 50 valence electrons. The number of hydrogen-bond acceptors (Lipinski definition) is 2. The molecule has 0 radical (unpaired) electrons. The van der Waals surface area contributed by atoms with E-state index in [1.807, 2.05) is 0 Å². The summed E-state index contributed by atoms with van der Waals surface area (Å²) >= 11 is 0. The van der Waals surface area contributed by atoms with Gasteiger partial charge in [-0.05, 0) is 12.3 Å². The van der Waals surface area contributed by atoms with Crippen molar-refractivity contribution in [2.24, 2.45) is 0 Å². The van der Waals surface area contributed by atoms with Crippen LogP contribution in [0.25, 0.3) is 0 Å². The van der Waals surface area contributed by atoms with Crippen LogP contribution in [0.1, 0.15) is 12.8 Å². The van der Waals surface area contributed by atoms with Crippen LogP contribution in [0.2, 0.25) is 0 Å². The first kappa shape index (κ1) is 8.19. The maximum absolute atomic E-state index is 9.63. The second-order valence-corrected chi connectivity index (χ2v) is 1.54. The number of methoxy groups -OCH3 is 1. The Morgan fingerprint density at radius 3 is 3.00 bits per heavy atom. The summed E-state index contributed by atoms with van der Waals surface area (Å²) in [6, 6.07) is 0. The van der Waals surface area contributed by atoms with Crippen molar-refractivity contribution in [3.8, 4) is 11.8 Å². The molecule has 0 aromatic rings. The van der Waals surface area contributed by atoms with Crippen LogP contribution in [0.3, 0.4) is 0 Å². The molecule has 0 heterocycles. The fourth-order valence-corrected chi connectivity index (χ4v) is 0.419. The number of rotatable bonds is 3. The van der Waals surface area contributed by atoms with Crippen molar-refractivity contribution in [2.75, 3.05) is 13.7 Å². The largest absolute Gasteiger partial charge is 0.385 e. The molecule has 2 heteroatoms. The van der Waals surface area contributed by atoms with Crippen molar-refractivity contribution in [3.05, 3.63) is 0 Å². The van der Waals surface area contributed by atoms with Crippen molar-refractivity contribution in [3.63, 3.8) is 0 Å². The molecule has 0 saturated heterocycles. The average molecular weight is 126 g/mol. The van der Waals surface area contributed by atoms with Gasteiger partial charge in [0, 0.05) is 20.1 Å². The van der Waals surface area contributed by atoms with E-state index in [1.54, 1.807) is 7.11 Å². The summed E-state index contributed by atoms with van der Waals surface area (Å²) in [5.74, 6) is 4.99. The number of carbonyl (C=O) groups is 1. The normalized spacial score (nSPS) is 7.67. The van der Waals surface area contributed by atoms with Crippen LogP contribution in [0.5, 0.6) is 0 Å². The summed E-state index contributed by atoms with van der Waals surface area (Å²) in [5.41, 5.74) is 0. The molecular weight excluding hydrogens is 116 g/mol. The van der Waals surface area contributed by atoms with Gasteiger partial charge >= 0.3 is 0 Å². The number of carbonyl (C=O) groups excluding carboxylic acids is 1. The molecule has 0 aliphatic carbocycles. The fraction of sp³-hybridized carbons (Fsp3) is 0.571. The SMILES string of the molecule is COCCCC#CC=O. The highest BCUT2D eigenvalue weighted by Gasteiger charge is 1.78. The summed E-state index contributed by atoms with van der Waals surface area (Å²) in [4.78, 5) is 9.63. The van der Waals surface area contributed by atoms with Crippen molar-refractivity contribution < 1.29 is 9.53 Å². The maximum atomic E-state index is 9.63. The molecule has 0 spiro atoms. The van der Waals surface area contributed by atoms with Gasteiger partial charge in [-0.15, -0.1) is 0 Å². The first-order valence-electron chi connectivity index (χ1n) is 2.82. The predicted octanol–water partition coefficient (Wildman–Crippen LogP) is 0.615. The Morgan fingerprint density at radius 2 is 2.44 bits per heavy atom. The molecule has 2 nitrogen and oxygen atoms in total. The van der Waals surface area contributed by atoms with Crippen LogP contribution in [-0.4, -0.2) is 20.0 Å². The zero-order valence-corrected chi connectivity index (χ0v) is 5.52. The second kappa shape index (κ2) is 7.19. The molecule has 0 N–H and O–H groups in total. The van der Waals surface area contributed by atoms with Crippen LogP contribution in [-0.2, 0) is 9.53 Å². The third-order valence-electron chi connectivity index (χ3n) is 0.811. The molecule has 0 saturated carbocycles. The van der Waals surface area contributed by atoms with Crippen LogP contribution in [0.15, 0.2) is 0 Å². The van der Waals surface area contributed by atoms with Gasteiger partial charge in [-0.1, -0.05) is 5.92 Å². The molecule has 0 atom stereocenters. The molecule has 0 aliphatic heterocycles. The highest BCUT2D eigenvalue weighted by molar-refractivity contribution is 5.72. The summed E-state index contributed by atoms with van der Waals surface area (Å²) in [6.07, 6.45) is 2.25. The fourth-order valence-electron chi connectivity index (χ4n) is 0.419. The smallest absolute Gasteiger partial charge is 0.192 e. The van der Waals surface area contributed by atoms with Crippen molar-refractivity contribution in [1.29, 1.82) is 0 Å². The molecule has 0 amide bonds. The molecule has 0 aromatic heterocycles. The monoisotopic (exact) mass is 126 g/mol. The molecule has 0 unspecified atom stereocenters. The van der Waals surface area contributed by atoms with Crippen molar-refractivity contribution in [2.45, 2.75) is 12.8 Å². The van der Waals surface area contributed by atoms with E-state index in [0.717, 1.165) is 12.8 Å². The lowest BCUT2D eigenvalue weighted by molar-refractivity contribution is -0.103. The highest BCUT2D eigenvalue weighted by Crippen LogP contribution is 1.84. The number of hydrogen-bond donors (Lipinski definition) is 0. The van der Waals surface area contributed by atoms with E-state index in [-0.39, 0.29) is 0 Å². The van der Waals surface area contributed by atoms with Gasteiger partial charge in [-0.25, -0.2) is 0 Å². The van der Waals surface area contributed by atoms with Gasteiger partial charge in [0.25, 0.3) is 0 Å². The lowest BCUT2D eigenvalue weighted by Gasteiger charge is -1.89. The summed E-state index contributed by atoms with van der Waals surface area (Å²) in [6.45, 7) is 0.716. The second-order valence-electron chi connectivity index (χ2n) is 1.54. The van der Waals surface area contributed by atoms with Gasteiger partial charge in [0.1, 0.15) is 0 Å². The number of aldehydes is 1. The maximum Gasteiger partial charge on any atom is 0.192 e. The number of unbranched alkanes of at least 4 members (excludes halogenated alkanes) is 1. The zero-order valence-electron chi connectivity index (χ0n) is 5.52. The standard InChI is InChI=1S/C7H10O2/c1-9-7-5-3-2-4-6-8/h6H,3,5,7H2,1H3. The van der Waals surface area contributed by atoms with Gasteiger partial charge in [-0.2, -0.15) is 0 Å². The van der Waals surface area contributed by atoms with Crippen molar-refractivity contribution >= 4 is 6.29 Å². The van der Waals surface area contributed by atoms with Gasteiger partial charge in [0.15, 0.2) is 6.29 Å². The van der Waals surface area contributed by atoms with E-state index >= 15 is 0 Å². The molecule has 0 aromatic carbocycles. The van der Waals surface area contributed by atoms with Crippen LogP contribution in [0, 0.1) is 11.8 Å². The Labute approximate surface area is 55.2 Å². The van der Waals surface area contributed by atoms with E-state index in [9.17, 15) is 4.79 Å². The minimum absolute atomic E-state index is 0.604. The van der Waals surface area contributed by atoms with E-state index < -0.39 is 0 Å². The van der Waals surface area contributed by atoms with E-state index in [0.29, 0.717) is 12.9 Å². The molecule has 0 rings (SSSR count).